The zero-order chi connectivity index (χ0) is 15.2. The number of halogens is 2. The standard InChI is InChI=1S/C14H13F2N3O2/c1-21-13-7-6-11(18-19-13)9-2-4-10(5-3-9)14(20)17-8-12(15)16/h2-7,12H,8H2,1H3,(H,17,20). The lowest BCUT2D eigenvalue weighted by Crippen LogP contribution is -2.28. The molecule has 0 aliphatic rings. The highest BCUT2D eigenvalue weighted by atomic mass is 19.3. The first-order valence-corrected chi connectivity index (χ1v) is 6.14. The summed E-state index contributed by atoms with van der Waals surface area (Å²) in [5.41, 5.74) is 1.69. The van der Waals surface area contributed by atoms with E-state index in [2.05, 4.69) is 15.5 Å². The fraction of sp³-hybridized carbons (Fsp3) is 0.214. The van der Waals surface area contributed by atoms with Crippen molar-refractivity contribution in [2.75, 3.05) is 13.7 Å². The third-order valence-electron chi connectivity index (χ3n) is 2.71. The van der Waals surface area contributed by atoms with Gasteiger partial charge in [0.2, 0.25) is 5.88 Å². The fourth-order valence-electron chi connectivity index (χ4n) is 1.65. The zero-order valence-corrected chi connectivity index (χ0v) is 11.2. The van der Waals surface area contributed by atoms with Gasteiger partial charge in [-0.2, -0.15) is 0 Å². The minimum atomic E-state index is -2.57. The summed E-state index contributed by atoms with van der Waals surface area (Å²) in [6, 6.07) is 9.84. The van der Waals surface area contributed by atoms with Gasteiger partial charge in [0, 0.05) is 17.2 Å². The van der Waals surface area contributed by atoms with Gasteiger partial charge in [0.05, 0.1) is 19.3 Å². The third-order valence-corrected chi connectivity index (χ3v) is 2.71. The van der Waals surface area contributed by atoms with Crippen molar-refractivity contribution in [1.29, 1.82) is 0 Å². The lowest BCUT2D eigenvalue weighted by atomic mass is 10.1. The van der Waals surface area contributed by atoms with Crippen LogP contribution in [-0.4, -0.2) is 36.2 Å². The molecule has 0 radical (unpaired) electrons. The minimum absolute atomic E-state index is 0.306. The normalized spacial score (nSPS) is 10.5. The van der Waals surface area contributed by atoms with E-state index < -0.39 is 18.9 Å². The Hall–Kier alpha value is -2.57. The molecule has 1 heterocycles. The maximum absolute atomic E-state index is 12.0. The van der Waals surface area contributed by atoms with Gasteiger partial charge in [0.15, 0.2) is 0 Å². The molecule has 1 N–H and O–H groups in total. The summed E-state index contributed by atoms with van der Waals surface area (Å²) in [7, 11) is 1.50. The van der Waals surface area contributed by atoms with Crippen LogP contribution in [0.4, 0.5) is 8.78 Å². The molecule has 0 saturated carbocycles. The highest BCUT2D eigenvalue weighted by molar-refractivity contribution is 5.94. The van der Waals surface area contributed by atoms with Gasteiger partial charge in [-0.05, 0) is 18.2 Å². The summed E-state index contributed by atoms with van der Waals surface area (Å²) in [4.78, 5) is 11.6. The summed E-state index contributed by atoms with van der Waals surface area (Å²) in [5.74, 6) is -0.135. The van der Waals surface area contributed by atoms with Crippen LogP contribution in [0.3, 0.4) is 0 Å². The molecule has 2 rings (SSSR count). The van der Waals surface area contributed by atoms with E-state index in [0.29, 0.717) is 17.1 Å². The Kier molecular flexibility index (Phi) is 4.76. The predicted molar refractivity (Wildman–Crippen MR) is 72.4 cm³/mol. The van der Waals surface area contributed by atoms with Gasteiger partial charge in [-0.3, -0.25) is 4.79 Å². The molecule has 0 fully saturated rings. The monoisotopic (exact) mass is 293 g/mol. The van der Waals surface area contributed by atoms with E-state index in [0.717, 1.165) is 5.56 Å². The lowest BCUT2D eigenvalue weighted by molar-refractivity contribution is 0.0891. The molecule has 1 aromatic heterocycles. The second kappa shape index (κ2) is 6.74. The van der Waals surface area contributed by atoms with Crippen molar-refractivity contribution >= 4 is 5.91 Å². The number of carbonyl (C=O) groups excluding carboxylic acids is 1. The third kappa shape index (κ3) is 3.95. The second-order valence-corrected chi connectivity index (χ2v) is 4.14. The maximum Gasteiger partial charge on any atom is 0.255 e. The number of nitrogens with one attached hydrogen (secondary N) is 1. The van der Waals surface area contributed by atoms with Crippen molar-refractivity contribution in [1.82, 2.24) is 15.5 Å². The van der Waals surface area contributed by atoms with E-state index in [1.807, 2.05) is 0 Å². The maximum atomic E-state index is 12.0. The number of hydrogen-bond donors (Lipinski definition) is 1. The summed E-state index contributed by atoms with van der Waals surface area (Å²) >= 11 is 0. The van der Waals surface area contributed by atoms with Crippen LogP contribution in [-0.2, 0) is 0 Å². The number of nitrogens with zero attached hydrogens (tertiary/aromatic N) is 2. The first-order valence-electron chi connectivity index (χ1n) is 6.14. The molecule has 21 heavy (non-hydrogen) atoms. The number of methoxy groups -OCH3 is 1. The number of amides is 1. The Labute approximate surface area is 120 Å². The highest BCUT2D eigenvalue weighted by Crippen LogP contribution is 2.18. The quantitative estimate of drug-likeness (QED) is 0.917. The van der Waals surface area contributed by atoms with Crippen LogP contribution in [0, 0.1) is 0 Å². The second-order valence-electron chi connectivity index (χ2n) is 4.14. The van der Waals surface area contributed by atoms with Crippen molar-refractivity contribution in [2.45, 2.75) is 6.43 Å². The number of benzene rings is 1. The molecule has 0 unspecified atom stereocenters. The molecular formula is C14H13F2N3O2. The van der Waals surface area contributed by atoms with Crippen LogP contribution in [0.1, 0.15) is 10.4 Å². The molecule has 0 atom stereocenters. The summed E-state index contributed by atoms with van der Waals surface area (Å²) < 4.78 is 29.0. The van der Waals surface area contributed by atoms with Gasteiger partial charge in [-0.15, -0.1) is 10.2 Å². The zero-order valence-electron chi connectivity index (χ0n) is 11.2. The van der Waals surface area contributed by atoms with E-state index in [1.165, 1.54) is 7.11 Å². The Morgan fingerprint density at radius 1 is 1.19 bits per heavy atom. The number of alkyl halides is 2. The number of ether oxygens (including phenoxy) is 1. The topological polar surface area (TPSA) is 64.1 Å². The number of carbonyl (C=O) groups is 1. The van der Waals surface area contributed by atoms with Crippen LogP contribution in [0.15, 0.2) is 36.4 Å². The van der Waals surface area contributed by atoms with Crippen molar-refractivity contribution in [3.8, 4) is 17.1 Å². The van der Waals surface area contributed by atoms with Crippen LogP contribution < -0.4 is 10.1 Å². The summed E-state index contributed by atoms with van der Waals surface area (Å²) in [5, 5.41) is 9.96. The summed E-state index contributed by atoms with van der Waals surface area (Å²) in [6.45, 7) is -0.662. The van der Waals surface area contributed by atoms with Crippen molar-refractivity contribution in [2.24, 2.45) is 0 Å². The van der Waals surface area contributed by atoms with Crippen LogP contribution in [0.25, 0.3) is 11.3 Å². The molecule has 1 aromatic carbocycles. The Morgan fingerprint density at radius 3 is 2.43 bits per heavy atom. The van der Waals surface area contributed by atoms with Crippen LogP contribution in [0.2, 0.25) is 0 Å². The predicted octanol–water partition coefficient (Wildman–Crippen LogP) is 2.15. The molecule has 0 spiro atoms. The average molecular weight is 293 g/mol. The van der Waals surface area contributed by atoms with Gasteiger partial charge >= 0.3 is 0 Å². The Morgan fingerprint density at radius 2 is 1.90 bits per heavy atom. The van der Waals surface area contributed by atoms with Gasteiger partial charge in [-0.25, -0.2) is 8.78 Å². The Balaban J connectivity index is 2.09. The molecule has 0 saturated heterocycles. The van der Waals surface area contributed by atoms with Crippen molar-refractivity contribution in [3.05, 3.63) is 42.0 Å². The first kappa shape index (κ1) is 14.8. The molecule has 5 nitrogen and oxygen atoms in total. The first-order chi connectivity index (χ1) is 10.1. The number of aromatic nitrogens is 2. The van der Waals surface area contributed by atoms with E-state index in [1.54, 1.807) is 36.4 Å². The van der Waals surface area contributed by atoms with Gasteiger partial charge in [0.1, 0.15) is 0 Å². The van der Waals surface area contributed by atoms with Crippen molar-refractivity contribution < 1.29 is 18.3 Å². The molecule has 1 amide bonds. The molecule has 0 aliphatic heterocycles. The van der Waals surface area contributed by atoms with E-state index in [9.17, 15) is 13.6 Å². The molecule has 2 aromatic rings. The molecule has 7 heteroatoms. The van der Waals surface area contributed by atoms with Crippen LogP contribution in [0.5, 0.6) is 5.88 Å². The average Bonchev–Trinajstić information content (AvgIpc) is 2.53. The fourth-order valence-corrected chi connectivity index (χ4v) is 1.65. The van der Waals surface area contributed by atoms with Crippen molar-refractivity contribution in [3.63, 3.8) is 0 Å². The van der Waals surface area contributed by atoms with E-state index >= 15 is 0 Å². The number of rotatable bonds is 5. The smallest absolute Gasteiger partial charge is 0.255 e. The molecule has 0 bridgehead atoms. The van der Waals surface area contributed by atoms with Gasteiger partial charge in [0.25, 0.3) is 12.3 Å². The largest absolute Gasteiger partial charge is 0.480 e. The summed E-state index contributed by atoms with van der Waals surface area (Å²) in [6.07, 6.45) is -2.57. The lowest BCUT2D eigenvalue weighted by Gasteiger charge is -2.05. The van der Waals surface area contributed by atoms with E-state index in [4.69, 9.17) is 4.74 Å². The molecule has 110 valence electrons. The number of hydrogen-bond acceptors (Lipinski definition) is 4. The molecular weight excluding hydrogens is 280 g/mol. The minimum Gasteiger partial charge on any atom is -0.480 e. The van der Waals surface area contributed by atoms with E-state index in [-0.39, 0.29) is 0 Å². The highest BCUT2D eigenvalue weighted by Gasteiger charge is 2.09. The van der Waals surface area contributed by atoms with Crippen LogP contribution >= 0.6 is 0 Å². The van der Waals surface area contributed by atoms with Gasteiger partial charge in [-0.1, -0.05) is 12.1 Å². The molecule has 0 aliphatic carbocycles. The van der Waals surface area contributed by atoms with Gasteiger partial charge < -0.3 is 10.1 Å². The SMILES string of the molecule is COc1ccc(-c2ccc(C(=O)NCC(F)F)cc2)nn1. The Bertz CT molecular complexity index is 601.